The van der Waals surface area contributed by atoms with Crippen LogP contribution in [0, 0.1) is 20.8 Å². The van der Waals surface area contributed by atoms with Crippen LogP contribution in [0.5, 0.6) is 0 Å². The van der Waals surface area contributed by atoms with Gasteiger partial charge in [-0.3, -0.25) is 9.78 Å². The maximum atomic E-state index is 12.6. The number of aryl methyl sites for hydroxylation is 4. The predicted octanol–water partition coefficient (Wildman–Crippen LogP) is 7.57. The molecular formula is C35H45N5O2. The minimum atomic E-state index is 0.0492. The Morgan fingerprint density at radius 2 is 1.64 bits per heavy atom. The van der Waals surface area contributed by atoms with Gasteiger partial charge in [-0.2, -0.15) is 0 Å². The molecule has 1 amide bonds. The van der Waals surface area contributed by atoms with Crippen LogP contribution in [0.1, 0.15) is 104 Å². The van der Waals surface area contributed by atoms with E-state index in [9.17, 15) is 4.79 Å². The van der Waals surface area contributed by atoms with Crippen LogP contribution in [0.25, 0.3) is 33.2 Å². The number of nitrogens with zero attached hydrogens (tertiary/aromatic N) is 2. The van der Waals surface area contributed by atoms with Gasteiger partial charge in [0.25, 0.3) is 0 Å². The van der Waals surface area contributed by atoms with E-state index >= 15 is 0 Å². The largest absolute Gasteiger partial charge is 0.383 e. The van der Waals surface area contributed by atoms with E-state index in [0.29, 0.717) is 19.6 Å². The second-order valence-corrected chi connectivity index (χ2v) is 11.8. The van der Waals surface area contributed by atoms with Gasteiger partial charge in [-0.05, 0) is 105 Å². The number of allylic oxidation sites excluding steroid dienone is 2. The van der Waals surface area contributed by atoms with E-state index in [0.717, 1.165) is 69.7 Å². The van der Waals surface area contributed by atoms with Crippen LogP contribution in [0.4, 0.5) is 0 Å². The molecule has 0 fully saturated rings. The molecule has 0 aliphatic carbocycles. The smallest absolute Gasteiger partial charge is 0.220 e. The Kier molecular flexibility index (Phi) is 8.69. The Hall–Kier alpha value is -3.71. The van der Waals surface area contributed by atoms with Crippen molar-refractivity contribution in [3.8, 4) is 0 Å². The standard InChI is InChI=1S/C35H45N5O2/c1-9-24-21(5)30-18-33-25(10-2)20(4)29(38-33)17-31-22(6)26(11-12-34(41)36-13-14-42-8)35(40-31)23(7)28-15-19(3)27(37-28)16-32(24)39-30/h15-18,22,26,37,39H,9-14H2,1-8H3,(H,36,41)/t22-,26-/m0/s1. The zero-order valence-corrected chi connectivity index (χ0v) is 26.4. The third-order valence-electron chi connectivity index (χ3n) is 9.22. The lowest BCUT2D eigenvalue weighted by atomic mass is 9.85. The molecule has 8 bridgehead atoms. The number of methoxy groups -OCH3 is 1. The van der Waals surface area contributed by atoms with Crippen molar-refractivity contribution in [3.63, 3.8) is 0 Å². The quantitative estimate of drug-likeness (QED) is 0.245. The van der Waals surface area contributed by atoms with Gasteiger partial charge in [0, 0.05) is 65.4 Å². The number of amides is 1. The molecule has 2 aliphatic rings. The topological polar surface area (TPSA) is 95.7 Å². The number of aromatic amines is 2. The van der Waals surface area contributed by atoms with Crippen molar-refractivity contribution >= 4 is 39.1 Å². The first-order valence-electron chi connectivity index (χ1n) is 15.3. The summed E-state index contributed by atoms with van der Waals surface area (Å²) in [5.74, 6) is 0.337. The summed E-state index contributed by atoms with van der Waals surface area (Å²) in [6, 6.07) is 8.86. The Labute approximate surface area is 249 Å². The molecule has 5 rings (SSSR count). The number of carbonyl (C=O) groups is 1. The summed E-state index contributed by atoms with van der Waals surface area (Å²) in [5, 5.41) is 2.97. The first-order valence-corrected chi connectivity index (χ1v) is 15.3. The molecule has 0 saturated heterocycles. The average molecular weight is 568 g/mol. The third kappa shape index (κ3) is 5.54. The molecule has 0 unspecified atom stereocenters. The number of H-pyrrole nitrogens is 2. The molecule has 7 heteroatoms. The van der Waals surface area contributed by atoms with Crippen LogP contribution < -0.4 is 5.32 Å². The summed E-state index contributed by atoms with van der Waals surface area (Å²) in [6.45, 7) is 16.4. The highest BCUT2D eigenvalue weighted by Gasteiger charge is 2.31. The van der Waals surface area contributed by atoms with Crippen molar-refractivity contribution in [3.05, 3.63) is 69.3 Å². The zero-order chi connectivity index (χ0) is 30.1. The lowest BCUT2D eigenvalue weighted by Crippen LogP contribution is -2.27. The summed E-state index contributed by atoms with van der Waals surface area (Å²) >= 11 is 0. The Morgan fingerprint density at radius 1 is 0.905 bits per heavy atom. The normalized spacial score (nSPS) is 16.8. The lowest BCUT2D eigenvalue weighted by molar-refractivity contribution is -0.121. The highest BCUT2D eigenvalue weighted by atomic mass is 16.5. The van der Waals surface area contributed by atoms with Crippen molar-refractivity contribution in [2.45, 2.75) is 86.0 Å². The SMILES string of the molecule is CCC1=C(C)c2cc3nc(c(C)c4cc(C)c(cc5[nH]c(cc1n2)c(C)c5CC)[nH]4)[C@@H](CCC(=O)NCCOC)[C@@H]3C. The zero-order valence-electron chi connectivity index (χ0n) is 26.4. The van der Waals surface area contributed by atoms with E-state index in [-0.39, 0.29) is 17.7 Å². The molecule has 42 heavy (non-hydrogen) atoms. The van der Waals surface area contributed by atoms with Crippen molar-refractivity contribution in [2.24, 2.45) is 0 Å². The van der Waals surface area contributed by atoms with Crippen molar-refractivity contribution < 1.29 is 9.53 Å². The van der Waals surface area contributed by atoms with Crippen LogP contribution >= 0.6 is 0 Å². The molecule has 222 valence electrons. The molecule has 0 saturated carbocycles. The van der Waals surface area contributed by atoms with Gasteiger partial charge in [-0.25, -0.2) is 4.98 Å². The van der Waals surface area contributed by atoms with E-state index < -0.39 is 0 Å². The molecule has 3 aromatic rings. The van der Waals surface area contributed by atoms with Gasteiger partial charge < -0.3 is 20.0 Å². The molecule has 3 aromatic heterocycles. The number of hydrogen-bond acceptors (Lipinski definition) is 4. The number of nitrogens with one attached hydrogen (secondary N) is 3. The first kappa shape index (κ1) is 29.8. The molecule has 3 N–H and O–H groups in total. The number of hydrogen-bond donors (Lipinski definition) is 3. The maximum absolute atomic E-state index is 12.6. The molecule has 7 nitrogen and oxygen atoms in total. The van der Waals surface area contributed by atoms with Gasteiger partial charge in [0.1, 0.15) is 0 Å². The fourth-order valence-corrected chi connectivity index (χ4v) is 6.57. The highest BCUT2D eigenvalue weighted by Crippen LogP contribution is 2.42. The van der Waals surface area contributed by atoms with Crippen molar-refractivity contribution in [2.75, 3.05) is 20.3 Å². The Morgan fingerprint density at radius 3 is 2.36 bits per heavy atom. The molecule has 2 aliphatic heterocycles. The fourth-order valence-electron chi connectivity index (χ4n) is 6.57. The van der Waals surface area contributed by atoms with Gasteiger partial charge in [0.15, 0.2) is 0 Å². The fraction of sp³-hybridized carbons (Fsp3) is 0.457. The molecule has 0 aromatic carbocycles. The van der Waals surface area contributed by atoms with Gasteiger partial charge in [-0.1, -0.05) is 20.8 Å². The van der Waals surface area contributed by atoms with Gasteiger partial charge in [0.2, 0.25) is 5.91 Å². The van der Waals surface area contributed by atoms with E-state index in [1.54, 1.807) is 7.11 Å². The summed E-state index contributed by atoms with van der Waals surface area (Å²) in [7, 11) is 1.64. The van der Waals surface area contributed by atoms with Crippen LogP contribution in [-0.2, 0) is 16.0 Å². The maximum Gasteiger partial charge on any atom is 0.220 e. The summed E-state index contributed by atoms with van der Waals surface area (Å²) < 4.78 is 5.09. The summed E-state index contributed by atoms with van der Waals surface area (Å²) in [4.78, 5) is 30.5. The molecule has 0 spiro atoms. The minimum absolute atomic E-state index is 0.0492. The van der Waals surface area contributed by atoms with Crippen LogP contribution in [0.3, 0.4) is 0 Å². The first-order chi connectivity index (χ1) is 20.2. The molecule has 5 heterocycles. The summed E-state index contributed by atoms with van der Waals surface area (Å²) in [6.07, 6.45) is 3.03. The van der Waals surface area contributed by atoms with Crippen molar-refractivity contribution in [1.82, 2.24) is 25.3 Å². The minimum Gasteiger partial charge on any atom is -0.383 e. The second kappa shape index (κ2) is 12.3. The summed E-state index contributed by atoms with van der Waals surface area (Å²) in [5.41, 5.74) is 15.9. The van der Waals surface area contributed by atoms with Gasteiger partial charge >= 0.3 is 0 Å². The van der Waals surface area contributed by atoms with Crippen LogP contribution in [-0.4, -0.2) is 46.1 Å². The highest BCUT2D eigenvalue weighted by molar-refractivity contribution is 5.92. The number of rotatable bonds is 8. The van der Waals surface area contributed by atoms with Crippen LogP contribution in [0.15, 0.2) is 24.3 Å². The monoisotopic (exact) mass is 567 g/mol. The number of ether oxygens (including phenoxy) is 1. The average Bonchev–Trinajstić information content (AvgIpc) is 3.66. The second-order valence-electron chi connectivity index (χ2n) is 11.8. The lowest BCUT2D eigenvalue weighted by Gasteiger charge is -2.17. The van der Waals surface area contributed by atoms with Gasteiger partial charge in [0.05, 0.1) is 18.0 Å². The number of fused-ring (bicyclic) bond motifs is 8. The predicted molar refractivity (Wildman–Crippen MR) is 173 cm³/mol. The number of aromatic nitrogens is 4. The third-order valence-corrected chi connectivity index (χ3v) is 9.22. The molecule has 2 atom stereocenters. The van der Waals surface area contributed by atoms with E-state index in [2.05, 4.69) is 88.0 Å². The van der Waals surface area contributed by atoms with E-state index in [1.807, 2.05) is 0 Å². The Balaban J connectivity index is 1.75. The van der Waals surface area contributed by atoms with Gasteiger partial charge in [-0.15, -0.1) is 0 Å². The molecule has 0 radical (unpaired) electrons. The van der Waals surface area contributed by atoms with Crippen molar-refractivity contribution in [1.29, 1.82) is 0 Å². The van der Waals surface area contributed by atoms with E-state index in [1.165, 1.54) is 27.8 Å². The molecular weight excluding hydrogens is 522 g/mol. The number of carbonyl (C=O) groups excluding carboxylic acids is 1. The van der Waals surface area contributed by atoms with E-state index in [4.69, 9.17) is 14.7 Å². The van der Waals surface area contributed by atoms with Crippen LogP contribution in [0.2, 0.25) is 0 Å². The Bertz CT molecular complexity index is 1710.